The molecule has 0 spiro atoms. The lowest BCUT2D eigenvalue weighted by atomic mass is 10.00. The van der Waals surface area contributed by atoms with Gasteiger partial charge in [-0.1, -0.05) is 194 Å². The molecule has 0 atom stereocenters. The van der Waals surface area contributed by atoms with E-state index < -0.39 is 0 Å². The Balaban J connectivity index is 0.888. The normalized spacial score (nSPS) is 11.5. The molecule has 0 aliphatic heterocycles. The number of hydrogen-bond donors (Lipinski definition) is 0. The van der Waals surface area contributed by atoms with Crippen molar-refractivity contribution in [1.82, 2.24) is 19.1 Å². The molecule has 0 unspecified atom stereocenters. The fraction of sp³-hybridized carbons (Fsp3) is 0. The van der Waals surface area contributed by atoms with Crippen molar-refractivity contribution in [1.29, 1.82) is 0 Å². The van der Waals surface area contributed by atoms with Gasteiger partial charge in [0.05, 0.1) is 33.5 Å². The minimum absolute atomic E-state index is 0.703. The molecule has 0 aliphatic rings. The first kappa shape index (κ1) is 39.3. The van der Waals surface area contributed by atoms with Crippen molar-refractivity contribution in [3.63, 3.8) is 0 Å². The number of benzene rings is 10. The summed E-state index contributed by atoms with van der Waals surface area (Å²) in [6, 6.07) is 91.2. The van der Waals surface area contributed by atoms with E-state index in [1.54, 1.807) is 0 Å². The van der Waals surface area contributed by atoms with E-state index in [4.69, 9.17) is 9.97 Å². The van der Waals surface area contributed by atoms with E-state index in [9.17, 15) is 0 Å². The smallest absolute Gasteiger partial charge is 0.160 e. The van der Waals surface area contributed by atoms with Crippen molar-refractivity contribution in [2.75, 3.05) is 0 Å². The van der Waals surface area contributed by atoms with Gasteiger partial charge >= 0.3 is 0 Å². The van der Waals surface area contributed by atoms with E-state index in [0.717, 1.165) is 50.5 Å². The van der Waals surface area contributed by atoms with Crippen LogP contribution in [-0.2, 0) is 0 Å². The van der Waals surface area contributed by atoms with Crippen LogP contribution in [0.3, 0.4) is 0 Å². The average Bonchev–Trinajstić information content (AvgIpc) is 3.94. The summed E-state index contributed by atoms with van der Waals surface area (Å²) >= 11 is 0. The lowest BCUT2D eigenvalue weighted by Crippen LogP contribution is -1.97. The van der Waals surface area contributed by atoms with Gasteiger partial charge in [0.1, 0.15) is 0 Å². The molecule has 13 aromatic rings. The van der Waals surface area contributed by atoms with Crippen LogP contribution in [0.5, 0.6) is 0 Å². The molecular weight excluding hydrogens is 825 g/mol. The quantitative estimate of drug-likeness (QED) is 0.153. The van der Waals surface area contributed by atoms with E-state index >= 15 is 0 Å². The molecule has 0 amide bonds. The second kappa shape index (κ2) is 16.4. The Kier molecular flexibility index (Phi) is 9.47. The third kappa shape index (κ3) is 6.86. The minimum atomic E-state index is 0.703. The van der Waals surface area contributed by atoms with Gasteiger partial charge in [0.2, 0.25) is 0 Å². The number of fused-ring (bicyclic) bond motifs is 6. The second-order valence-corrected chi connectivity index (χ2v) is 17.4. The molecule has 0 N–H and O–H groups in total. The summed E-state index contributed by atoms with van der Waals surface area (Å²) in [5.74, 6) is 0.703. The molecular formula is C64H42N4. The topological polar surface area (TPSA) is 35.6 Å². The molecule has 4 nitrogen and oxygen atoms in total. The average molecular weight is 867 g/mol. The number of para-hydroxylation sites is 2. The van der Waals surface area contributed by atoms with Crippen molar-refractivity contribution >= 4 is 43.6 Å². The zero-order valence-corrected chi connectivity index (χ0v) is 37.0. The van der Waals surface area contributed by atoms with Crippen LogP contribution in [0.15, 0.2) is 255 Å². The van der Waals surface area contributed by atoms with Crippen LogP contribution in [0.2, 0.25) is 0 Å². The molecule has 3 heterocycles. The first-order valence-electron chi connectivity index (χ1n) is 23.1. The molecule has 10 aromatic carbocycles. The van der Waals surface area contributed by atoms with Gasteiger partial charge in [0.25, 0.3) is 0 Å². The Morgan fingerprint density at radius 2 is 0.662 bits per heavy atom. The third-order valence-corrected chi connectivity index (χ3v) is 13.4. The van der Waals surface area contributed by atoms with E-state index in [-0.39, 0.29) is 0 Å². The Bertz CT molecular complexity index is 3920. The SMILES string of the molecule is c1ccc(-c2ccc(-c3ccc(-n4c5ccccc5c5ccc(-c6ccc7c(c6)c6ccccc6n7-c6cccc(-c7cc(-c8ccccc8)nc(-c8ccccc8)n7)c6)cc54)cc3)cc2)cc1. The lowest BCUT2D eigenvalue weighted by molar-refractivity contribution is 1.16. The lowest BCUT2D eigenvalue weighted by Gasteiger charge is -2.12. The molecule has 0 radical (unpaired) electrons. The summed E-state index contributed by atoms with van der Waals surface area (Å²) in [5.41, 5.74) is 18.9. The highest BCUT2D eigenvalue weighted by atomic mass is 15.0. The maximum absolute atomic E-state index is 5.16. The van der Waals surface area contributed by atoms with Crippen molar-refractivity contribution in [2.45, 2.75) is 0 Å². The molecule has 0 bridgehead atoms. The highest BCUT2D eigenvalue weighted by Gasteiger charge is 2.18. The highest BCUT2D eigenvalue weighted by molar-refractivity contribution is 6.12. The van der Waals surface area contributed by atoms with Crippen molar-refractivity contribution < 1.29 is 0 Å². The molecule has 3 aromatic heterocycles. The van der Waals surface area contributed by atoms with Crippen molar-refractivity contribution in [3.8, 4) is 78.7 Å². The summed E-state index contributed by atoms with van der Waals surface area (Å²) < 4.78 is 4.80. The monoisotopic (exact) mass is 866 g/mol. The van der Waals surface area contributed by atoms with Gasteiger partial charge in [-0.2, -0.15) is 0 Å². The number of aromatic nitrogens is 4. The van der Waals surface area contributed by atoms with E-state index in [0.29, 0.717) is 5.82 Å². The van der Waals surface area contributed by atoms with E-state index in [1.165, 1.54) is 66.0 Å². The summed E-state index contributed by atoms with van der Waals surface area (Å²) in [4.78, 5) is 10.2. The fourth-order valence-corrected chi connectivity index (χ4v) is 10.0. The Labute approximate surface area is 394 Å². The maximum atomic E-state index is 5.16. The second-order valence-electron chi connectivity index (χ2n) is 17.4. The molecule has 0 fully saturated rings. The molecule has 13 rings (SSSR count). The molecule has 0 aliphatic carbocycles. The standard InChI is InChI=1S/C64H42N4/c1-4-15-43(16-5-1)44-27-29-45(30-28-44)46-31-35-52(36-32-46)67-60-25-12-10-23-54(60)56-37-33-50(41-63(56)67)49-34-38-62-57(40-49)55-24-11-13-26-61(55)68(62)53-22-14-21-51(39-53)59-42-58(47-17-6-2-7-18-47)65-64(66-59)48-19-8-3-9-20-48/h1-42H. The van der Waals surface area contributed by atoms with Gasteiger partial charge in [0.15, 0.2) is 5.82 Å². The summed E-state index contributed by atoms with van der Waals surface area (Å²) in [6.07, 6.45) is 0. The van der Waals surface area contributed by atoms with Crippen LogP contribution in [0.4, 0.5) is 0 Å². The van der Waals surface area contributed by atoms with Gasteiger partial charge < -0.3 is 9.13 Å². The predicted octanol–water partition coefficient (Wildman–Crippen LogP) is 16.7. The zero-order valence-electron chi connectivity index (χ0n) is 37.0. The Hall–Kier alpha value is -9.12. The minimum Gasteiger partial charge on any atom is -0.309 e. The van der Waals surface area contributed by atoms with Gasteiger partial charge in [-0.25, -0.2) is 9.97 Å². The highest BCUT2D eigenvalue weighted by Crippen LogP contribution is 2.39. The number of rotatable bonds is 8. The van der Waals surface area contributed by atoms with Crippen molar-refractivity contribution in [2.24, 2.45) is 0 Å². The Morgan fingerprint density at radius 1 is 0.221 bits per heavy atom. The fourth-order valence-electron chi connectivity index (χ4n) is 10.0. The largest absolute Gasteiger partial charge is 0.309 e. The van der Waals surface area contributed by atoms with Crippen LogP contribution in [-0.4, -0.2) is 19.1 Å². The van der Waals surface area contributed by atoms with Crippen LogP contribution in [0.1, 0.15) is 0 Å². The number of nitrogens with zero attached hydrogens (tertiary/aromatic N) is 4. The molecule has 0 saturated carbocycles. The molecule has 0 saturated heterocycles. The summed E-state index contributed by atoms with van der Waals surface area (Å²) in [5, 5.41) is 4.89. The van der Waals surface area contributed by atoms with Crippen LogP contribution in [0.25, 0.3) is 122 Å². The molecule has 318 valence electrons. The van der Waals surface area contributed by atoms with Crippen LogP contribution in [0, 0.1) is 0 Å². The van der Waals surface area contributed by atoms with E-state index in [1.807, 2.05) is 24.3 Å². The molecule has 4 heteroatoms. The first-order chi connectivity index (χ1) is 33.7. The van der Waals surface area contributed by atoms with Crippen LogP contribution < -0.4 is 0 Å². The zero-order chi connectivity index (χ0) is 45.0. The summed E-state index contributed by atoms with van der Waals surface area (Å²) in [7, 11) is 0. The molecule has 68 heavy (non-hydrogen) atoms. The van der Waals surface area contributed by atoms with Crippen molar-refractivity contribution in [3.05, 3.63) is 255 Å². The maximum Gasteiger partial charge on any atom is 0.160 e. The third-order valence-electron chi connectivity index (χ3n) is 13.4. The summed E-state index contributed by atoms with van der Waals surface area (Å²) in [6.45, 7) is 0. The van der Waals surface area contributed by atoms with E-state index in [2.05, 4.69) is 240 Å². The van der Waals surface area contributed by atoms with Gasteiger partial charge in [-0.15, -0.1) is 0 Å². The predicted molar refractivity (Wildman–Crippen MR) is 283 cm³/mol. The van der Waals surface area contributed by atoms with Gasteiger partial charge in [0, 0.05) is 49.6 Å². The van der Waals surface area contributed by atoms with Gasteiger partial charge in [-0.05, 0) is 94.0 Å². The van der Waals surface area contributed by atoms with Gasteiger partial charge in [-0.3, -0.25) is 0 Å². The van der Waals surface area contributed by atoms with Crippen LogP contribution >= 0.6 is 0 Å². The Morgan fingerprint density at radius 3 is 1.32 bits per heavy atom. The first-order valence-corrected chi connectivity index (χ1v) is 23.1. The number of hydrogen-bond acceptors (Lipinski definition) is 2.